The van der Waals surface area contributed by atoms with E-state index in [1.54, 1.807) is 24.9 Å². The van der Waals surface area contributed by atoms with Crippen LogP contribution >= 0.6 is 0 Å². The maximum Gasteiger partial charge on any atom is 0.144 e. The second kappa shape index (κ2) is 5.45. The van der Waals surface area contributed by atoms with Crippen molar-refractivity contribution in [2.45, 2.75) is 13.1 Å². The van der Waals surface area contributed by atoms with Gasteiger partial charge in [0.2, 0.25) is 0 Å². The van der Waals surface area contributed by atoms with E-state index in [1.165, 1.54) is 0 Å². The van der Waals surface area contributed by atoms with Crippen LogP contribution in [0.1, 0.15) is 11.3 Å². The lowest BCUT2D eigenvalue weighted by atomic mass is 10.3. The third-order valence-corrected chi connectivity index (χ3v) is 2.43. The van der Waals surface area contributed by atoms with E-state index in [9.17, 15) is 0 Å². The average molecular weight is 232 g/mol. The quantitative estimate of drug-likeness (QED) is 0.851. The number of anilines is 1. The summed E-state index contributed by atoms with van der Waals surface area (Å²) in [7, 11) is 3.87. The van der Waals surface area contributed by atoms with Gasteiger partial charge in [-0.25, -0.2) is 4.98 Å². The molecule has 0 aliphatic carbocycles. The minimum absolute atomic E-state index is 0.766. The van der Waals surface area contributed by atoms with E-state index < -0.39 is 0 Å². The van der Waals surface area contributed by atoms with Gasteiger partial charge in [-0.2, -0.15) is 0 Å². The molecule has 2 heterocycles. The van der Waals surface area contributed by atoms with Crippen LogP contribution in [0.3, 0.4) is 0 Å². The Kier molecular flexibility index (Phi) is 3.72. The summed E-state index contributed by atoms with van der Waals surface area (Å²) >= 11 is 0. The Hall–Kier alpha value is -1.88. The Balaban J connectivity index is 1.91. The molecule has 1 N–H and O–H groups in total. The molecule has 0 atom stereocenters. The van der Waals surface area contributed by atoms with Crippen molar-refractivity contribution in [3.63, 3.8) is 0 Å². The second-order valence-corrected chi connectivity index (χ2v) is 3.95. The van der Waals surface area contributed by atoms with Crippen molar-refractivity contribution < 1.29 is 4.42 Å². The van der Waals surface area contributed by atoms with Crippen LogP contribution in [0.4, 0.5) is 5.82 Å². The Morgan fingerprint density at radius 1 is 1.29 bits per heavy atom. The maximum absolute atomic E-state index is 5.03. The molecular weight excluding hydrogens is 216 g/mol. The van der Waals surface area contributed by atoms with Crippen molar-refractivity contribution in [3.05, 3.63) is 42.2 Å². The SMILES string of the molecule is CNc1cnc(CN(C)Cc2ccoc2)cn1. The lowest BCUT2D eigenvalue weighted by molar-refractivity contribution is 0.313. The molecule has 0 aliphatic heterocycles. The summed E-state index contributed by atoms with van der Waals surface area (Å²) in [6, 6.07) is 1.96. The van der Waals surface area contributed by atoms with E-state index in [4.69, 9.17) is 4.42 Å². The molecule has 0 radical (unpaired) electrons. The molecular formula is C12H16N4O. The van der Waals surface area contributed by atoms with Crippen LogP contribution in [-0.4, -0.2) is 29.0 Å². The molecule has 0 fully saturated rings. The van der Waals surface area contributed by atoms with Gasteiger partial charge in [0.15, 0.2) is 0 Å². The van der Waals surface area contributed by atoms with Crippen molar-refractivity contribution >= 4 is 5.82 Å². The molecule has 0 aromatic carbocycles. The summed E-state index contributed by atoms with van der Waals surface area (Å²) in [6.07, 6.45) is 6.97. The molecule has 0 saturated heterocycles. The highest BCUT2D eigenvalue weighted by atomic mass is 16.3. The summed E-state index contributed by atoms with van der Waals surface area (Å²) in [5, 5.41) is 2.94. The van der Waals surface area contributed by atoms with Crippen molar-refractivity contribution in [3.8, 4) is 0 Å². The van der Waals surface area contributed by atoms with Gasteiger partial charge in [-0.3, -0.25) is 9.88 Å². The Morgan fingerprint density at radius 3 is 2.76 bits per heavy atom. The molecule has 2 aromatic rings. The summed E-state index contributed by atoms with van der Waals surface area (Å²) in [4.78, 5) is 10.7. The average Bonchev–Trinajstić information content (AvgIpc) is 2.82. The van der Waals surface area contributed by atoms with Gasteiger partial charge in [-0.1, -0.05) is 0 Å². The second-order valence-electron chi connectivity index (χ2n) is 3.95. The lowest BCUT2D eigenvalue weighted by Crippen LogP contribution is -2.17. The summed E-state index contributed by atoms with van der Waals surface area (Å²) in [6.45, 7) is 1.61. The van der Waals surface area contributed by atoms with E-state index in [0.29, 0.717) is 0 Å². The van der Waals surface area contributed by atoms with Crippen LogP contribution < -0.4 is 5.32 Å². The largest absolute Gasteiger partial charge is 0.472 e. The molecule has 0 unspecified atom stereocenters. The van der Waals surface area contributed by atoms with Crippen molar-refractivity contribution in [2.24, 2.45) is 0 Å². The number of nitrogens with one attached hydrogen (secondary N) is 1. The van der Waals surface area contributed by atoms with Gasteiger partial charge in [-0.15, -0.1) is 0 Å². The first kappa shape index (κ1) is 11.6. The smallest absolute Gasteiger partial charge is 0.144 e. The van der Waals surface area contributed by atoms with Crippen LogP contribution in [0, 0.1) is 0 Å². The standard InChI is InChI=1S/C12H16N4O/c1-13-12-6-14-11(5-15-12)8-16(2)7-10-3-4-17-9-10/h3-6,9H,7-8H2,1-2H3,(H,13,15). The fourth-order valence-corrected chi connectivity index (χ4v) is 1.59. The Labute approximate surface area is 100 Å². The van der Waals surface area contributed by atoms with E-state index in [2.05, 4.69) is 20.2 Å². The van der Waals surface area contributed by atoms with Gasteiger partial charge < -0.3 is 9.73 Å². The number of rotatable bonds is 5. The van der Waals surface area contributed by atoms with Crippen LogP contribution in [0.2, 0.25) is 0 Å². The predicted molar refractivity (Wildman–Crippen MR) is 65.5 cm³/mol. The topological polar surface area (TPSA) is 54.2 Å². The van der Waals surface area contributed by atoms with E-state index in [0.717, 1.165) is 30.2 Å². The van der Waals surface area contributed by atoms with Gasteiger partial charge in [0, 0.05) is 25.7 Å². The molecule has 0 aliphatic rings. The van der Waals surface area contributed by atoms with Crippen LogP contribution in [-0.2, 0) is 13.1 Å². The van der Waals surface area contributed by atoms with Crippen molar-refractivity contribution in [2.75, 3.05) is 19.4 Å². The minimum atomic E-state index is 0.766. The van der Waals surface area contributed by atoms with Crippen molar-refractivity contribution in [1.82, 2.24) is 14.9 Å². The lowest BCUT2D eigenvalue weighted by Gasteiger charge is -2.14. The van der Waals surface area contributed by atoms with Crippen LogP contribution in [0.15, 0.2) is 35.4 Å². The third-order valence-electron chi connectivity index (χ3n) is 2.43. The van der Waals surface area contributed by atoms with Gasteiger partial charge >= 0.3 is 0 Å². The zero-order valence-electron chi connectivity index (χ0n) is 10.1. The summed E-state index contributed by atoms with van der Waals surface area (Å²) in [5.41, 5.74) is 2.11. The zero-order chi connectivity index (χ0) is 12.1. The first-order valence-electron chi connectivity index (χ1n) is 5.46. The van der Waals surface area contributed by atoms with Gasteiger partial charge in [0.1, 0.15) is 5.82 Å². The highest BCUT2D eigenvalue weighted by Gasteiger charge is 2.04. The number of aromatic nitrogens is 2. The maximum atomic E-state index is 5.03. The van der Waals surface area contributed by atoms with Crippen molar-refractivity contribution in [1.29, 1.82) is 0 Å². The molecule has 5 nitrogen and oxygen atoms in total. The molecule has 0 spiro atoms. The number of hydrogen-bond donors (Lipinski definition) is 1. The van der Waals surface area contributed by atoms with E-state index >= 15 is 0 Å². The molecule has 2 aromatic heterocycles. The van der Waals surface area contributed by atoms with Gasteiger partial charge in [0.25, 0.3) is 0 Å². The molecule has 5 heteroatoms. The molecule has 0 amide bonds. The number of hydrogen-bond acceptors (Lipinski definition) is 5. The summed E-state index contributed by atoms with van der Waals surface area (Å²) in [5.74, 6) is 0.784. The molecule has 0 saturated carbocycles. The van der Waals surface area contributed by atoms with Gasteiger partial charge in [0.05, 0.1) is 30.6 Å². The summed E-state index contributed by atoms with van der Waals surface area (Å²) < 4.78 is 5.03. The first-order valence-corrected chi connectivity index (χ1v) is 5.46. The normalized spacial score (nSPS) is 10.8. The molecule has 90 valence electrons. The molecule has 0 bridgehead atoms. The highest BCUT2D eigenvalue weighted by Crippen LogP contribution is 2.07. The first-order chi connectivity index (χ1) is 8.28. The third kappa shape index (κ3) is 3.29. The molecule has 17 heavy (non-hydrogen) atoms. The Morgan fingerprint density at radius 2 is 2.18 bits per heavy atom. The van der Waals surface area contributed by atoms with Crippen LogP contribution in [0.25, 0.3) is 0 Å². The highest BCUT2D eigenvalue weighted by molar-refractivity contribution is 5.29. The number of furan rings is 1. The fourth-order valence-electron chi connectivity index (χ4n) is 1.59. The number of nitrogens with zero attached hydrogens (tertiary/aromatic N) is 3. The van der Waals surface area contributed by atoms with E-state index in [1.807, 2.05) is 20.2 Å². The van der Waals surface area contributed by atoms with Gasteiger partial charge in [-0.05, 0) is 13.1 Å². The van der Waals surface area contributed by atoms with E-state index in [-0.39, 0.29) is 0 Å². The molecule has 2 rings (SSSR count). The monoisotopic (exact) mass is 232 g/mol. The predicted octanol–water partition coefficient (Wildman–Crippen LogP) is 1.74. The van der Waals surface area contributed by atoms with Crippen LogP contribution in [0.5, 0.6) is 0 Å². The Bertz CT molecular complexity index is 438. The fraction of sp³-hybridized carbons (Fsp3) is 0.333. The minimum Gasteiger partial charge on any atom is -0.472 e. The zero-order valence-corrected chi connectivity index (χ0v) is 10.1.